The molecule has 4 nitrogen and oxygen atoms in total. The second-order valence-corrected chi connectivity index (χ2v) is 5.05. The van der Waals surface area contributed by atoms with Crippen LogP contribution >= 0.6 is 22.9 Å². The third-order valence-corrected chi connectivity index (χ3v) is 3.89. The number of aromatic nitrogens is 1. The highest BCUT2D eigenvalue weighted by molar-refractivity contribution is 7.17. The number of carbonyl (C=O) groups excluding carboxylic acids is 1. The van der Waals surface area contributed by atoms with E-state index in [1.54, 1.807) is 7.11 Å². The van der Waals surface area contributed by atoms with Crippen molar-refractivity contribution in [2.24, 2.45) is 0 Å². The first-order chi connectivity index (χ1) is 7.76. The van der Waals surface area contributed by atoms with Gasteiger partial charge in [-0.15, -0.1) is 0 Å². The molecule has 0 N–H and O–H groups in total. The largest absolute Gasteiger partial charge is 0.383 e. The molecule has 1 heterocycles. The molecule has 0 amide bonds. The zero-order chi connectivity index (χ0) is 11.5. The van der Waals surface area contributed by atoms with Crippen LogP contribution < -0.4 is 4.90 Å². The summed E-state index contributed by atoms with van der Waals surface area (Å²) in [4.78, 5) is 17.6. The summed E-state index contributed by atoms with van der Waals surface area (Å²) in [5.74, 6) is 0. The fraction of sp³-hybridized carbons (Fsp3) is 0.600. The van der Waals surface area contributed by atoms with Gasteiger partial charge < -0.3 is 9.64 Å². The molecule has 1 saturated carbocycles. The lowest BCUT2D eigenvalue weighted by Gasteiger charge is -2.20. The summed E-state index contributed by atoms with van der Waals surface area (Å²) in [6.45, 7) is 1.45. The van der Waals surface area contributed by atoms with Crippen molar-refractivity contribution in [1.29, 1.82) is 0 Å². The van der Waals surface area contributed by atoms with Gasteiger partial charge in [0.15, 0.2) is 16.6 Å². The van der Waals surface area contributed by atoms with Crippen LogP contribution in [0.5, 0.6) is 0 Å². The number of thiazole rings is 1. The molecule has 1 aromatic heterocycles. The third kappa shape index (κ3) is 2.53. The number of nitrogens with zero attached hydrogens (tertiary/aromatic N) is 2. The molecule has 1 aromatic rings. The summed E-state index contributed by atoms with van der Waals surface area (Å²) in [5.41, 5.74) is 0. The topological polar surface area (TPSA) is 42.4 Å². The first kappa shape index (κ1) is 11.8. The predicted octanol–water partition coefficient (Wildman–Crippen LogP) is 2.22. The molecule has 0 aliphatic heterocycles. The van der Waals surface area contributed by atoms with Crippen LogP contribution in [-0.4, -0.2) is 37.6 Å². The Hall–Kier alpha value is -0.650. The monoisotopic (exact) mass is 260 g/mol. The molecular weight excluding hydrogens is 248 g/mol. The fourth-order valence-electron chi connectivity index (χ4n) is 1.51. The van der Waals surface area contributed by atoms with E-state index in [1.165, 1.54) is 24.2 Å². The molecule has 0 saturated heterocycles. The fourth-order valence-corrected chi connectivity index (χ4v) is 2.67. The van der Waals surface area contributed by atoms with Gasteiger partial charge in [0.25, 0.3) is 0 Å². The van der Waals surface area contributed by atoms with Crippen LogP contribution in [0.4, 0.5) is 5.13 Å². The van der Waals surface area contributed by atoms with E-state index in [0.717, 1.165) is 18.0 Å². The second-order valence-electron chi connectivity index (χ2n) is 3.69. The Morgan fingerprint density at radius 2 is 2.44 bits per heavy atom. The quantitative estimate of drug-likeness (QED) is 0.736. The molecule has 0 radical (unpaired) electrons. The maximum absolute atomic E-state index is 10.7. The lowest BCUT2D eigenvalue weighted by Crippen LogP contribution is -2.29. The van der Waals surface area contributed by atoms with Crippen LogP contribution in [-0.2, 0) is 4.74 Å². The summed E-state index contributed by atoms with van der Waals surface area (Å²) < 4.78 is 5.07. The Morgan fingerprint density at radius 1 is 1.69 bits per heavy atom. The van der Waals surface area contributed by atoms with Crippen molar-refractivity contribution in [2.45, 2.75) is 18.9 Å². The van der Waals surface area contributed by atoms with E-state index in [1.807, 2.05) is 0 Å². The number of rotatable bonds is 6. The zero-order valence-corrected chi connectivity index (χ0v) is 10.6. The standard InChI is InChI=1S/C10H13ClN2O2S/c1-15-5-4-13(7-2-3-7)10-12-9(11)8(6-14)16-10/h6-7H,2-5H2,1H3. The SMILES string of the molecule is COCCN(c1nc(Cl)c(C=O)s1)C1CC1. The molecule has 0 atom stereocenters. The Labute approximate surface area is 103 Å². The van der Waals surface area contributed by atoms with Crippen LogP contribution in [0.1, 0.15) is 22.5 Å². The minimum atomic E-state index is 0.304. The number of methoxy groups -OCH3 is 1. The van der Waals surface area contributed by atoms with Gasteiger partial charge in [0.05, 0.1) is 6.61 Å². The van der Waals surface area contributed by atoms with E-state index in [2.05, 4.69) is 9.88 Å². The van der Waals surface area contributed by atoms with Crippen molar-refractivity contribution in [3.63, 3.8) is 0 Å². The predicted molar refractivity (Wildman–Crippen MR) is 64.8 cm³/mol. The van der Waals surface area contributed by atoms with Crippen LogP contribution in [0.25, 0.3) is 0 Å². The maximum atomic E-state index is 10.7. The van der Waals surface area contributed by atoms with E-state index in [4.69, 9.17) is 16.3 Å². The van der Waals surface area contributed by atoms with Crippen molar-refractivity contribution in [3.8, 4) is 0 Å². The van der Waals surface area contributed by atoms with Crippen molar-refractivity contribution < 1.29 is 9.53 Å². The lowest BCUT2D eigenvalue weighted by molar-refractivity contribution is 0.112. The molecule has 1 aliphatic rings. The summed E-state index contributed by atoms with van der Waals surface area (Å²) in [6.07, 6.45) is 3.11. The van der Waals surface area contributed by atoms with E-state index in [-0.39, 0.29) is 0 Å². The molecule has 1 fully saturated rings. The number of ether oxygens (including phenoxy) is 1. The van der Waals surface area contributed by atoms with Gasteiger partial charge in [-0.25, -0.2) is 4.98 Å². The highest BCUT2D eigenvalue weighted by Crippen LogP contribution is 2.35. The maximum Gasteiger partial charge on any atom is 0.187 e. The van der Waals surface area contributed by atoms with E-state index in [0.29, 0.717) is 22.7 Å². The van der Waals surface area contributed by atoms with Crippen LogP contribution in [0.15, 0.2) is 0 Å². The summed E-state index contributed by atoms with van der Waals surface area (Å²) in [5, 5.41) is 1.13. The summed E-state index contributed by atoms with van der Waals surface area (Å²) >= 11 is 7.20. The van der Waals surface area contributed by atoms with Gasteiger partial charge in [0.1, 0.15) is 4.88 Å². The smallest absolute Gasteiger partial charge is 0.187 e. The Bertz CT molecular complexity index is 379. The number of anilines is 1. The van der Waals surface area contributed by atoms with E-state index >= 15 is 0 Å². The van der Waals surface area contributed by atoms with Crippen LogP contribution in [0, 0.1) is 0 Å². The van der Waals surface area contributed by atoms with Gasteiger partial charge in [0.2, 0.25) is 0 Å². The zero-order valence-electron chi connectivity index (χ0n) is 8.98. The Balaban J connectivity index is 2.13. The van der Waals surface area contributed by atoms with Gasteiger partial charge in [-0.05, 0) is 12.8 Å². The van der Waals surface area contributed by atoms with E-state index < -0.39 is 0 Å². The van der Waals surface area contributed by atoms with Crippen LogP contribution in [0.2, 0.25) is 5.15 Å². The van der Waals surface area contributed by atoms with Crippen molar-refractivity contribution in [1.82, 2.24) is 4.98 Å². The average Bonchev–Trinajstić information content (AvgIpc) is 3.03. The van der Waals surface area contributed by atoms with Crippen LogP contribution in [0.3, 0.4) is 0 Å². The molecule has 16 heavy (non-hydrogen) atoms. The number of hydrogen-bond donors (Lipinski definition) is 0. The number of aldehydes is 1. The van der Waals surface area contributed by atoms with E-state index in [9.17, 15) is 4.79 Å². The van der Waals surface area contributed by atoms with Gasteiger partial charge in [-0.3, -0.25) is 4.79 Å². The molecular formula is C10H13ClN2O2S. The number of carbonyl (C=O) groups is 1. The minimum Gasteiger partial charge on any atom is -0.383 e. The molecule has 0 aromatic carbocycles. The Morgan fingerprint density at radius 3 is 2.94 bits per heavy atom. The van der Waals surface area contributed by atoms with Crippen molar-refractivity contribution in [3.05, 3.63) is 10.0 Å². The molecule has 1 aliphatic carbocycles. The van der Waals surface area contributed by atoms with Crippen molar-refractivity contribution >= 4 is 34.4 Å². The normalized spacial score (nSPS) is 15.1. The molecule has 0 bridgehead atoms. The van der Waals surface area contributed by atoms with Gasteiger partial charge in [-0.2, -0.15) is 0 Å². The number of hydrogen-bond acceptors (Lipinski definition) is 5. The highest BCUT2D eigenvalue weighted by atomic mass is 35.5. The molecule has 2 rings (SSSR count). The van der Waals surface area contributed by atoms with Gasteiger partial charge in [-0.1, -0.05) is 22.9 Å². The first-order valence-corrected chi connectivity index (χ1v) is 6.32. The van der Waals surface area contributed by atoms with Crippen molar-refractivity contribution in [2.75, 3.05) is 25.2 Å². The first-order valence-electron chi connectivity index (χ1n) is 5.13. The molecule has 88 valence electrons. The summed E-state index contributed by atoms with van der Waals surface area (Å²) in [7, 11) is 1.68. The molecule has 0 spiro atoms. The van der Waals surface area contributed by atoms with Gasteiger partial charge >= 0.3 is 0 Å². The highest BCUT2D eigenvalue weighted by Gasteiger charge is 2.31. The van der Waals surface area contributed by atoms with Gasteiger partial charge in [0, 0.05) is 19.7 Å². The minimum absolute atomic E-state index is 0.304. The third-order valence-electron chi connectivity index (χ3n) is 2.48. The lowest BCUT2D eigenvalue weighted by atomic mass is 10.5. The summed E-state index contributed by atoms with van der Waals surface area (Å²) in [6, 6.07) is 0.539. The Kier molecular flexibility index (Phi) is 3.78. The molecule has 6 heteroatoms. The number of halogens is 1. The average molecular weight is 261 g/mol. The molecule has 0 unspecified atom stereocenters. The second kappa shape index (κ2) is 5.12.